The summed E-state index contributed by atoms with van der Waals surface area (Å²) in [6, 6.07) is 5.14. The Morgan fingerprint density at radius 2 is 2.07 bits per heavy atom. The van der Waals surface area contributed by atoms with Gasteiger partial charge >= 0.3 is 6.03 Å². The molecule has 4 rings (SSSR count). The van der Waals surface area contributed by atoms with Crippen LogP contribution in [0, 0.1) is 0 Å². The predicted molar refractivity (Wildman–Crippen MR) is 104 cm³/mol. The lowest BCUT2D eigenvalue weighted by molar-refractivity contribution is -0.140. The van der Waals surface area contributed by atoms with E-state index in [1.54, 1.807) is 12.0 Å². The summed E-state index contributed by atoms with van der Waals surface area (Å²) in [5.74, 6) is 0.0379. The predicted octanol–water partition coefficient (Wildman–Crippen LogP) is 0.309. The number of nitrogens with zero attached hydrogens (tertiary/aromatic N) is 2. The first-order valence-corrected chi connectivity index (χ1v) is 9.52. The summed E-state index contributed by atoms with van der Waals surface area (Å²) in [4.78, 5) is 41.1. The molecule has 0 aliphatic carbocycles. The zero-order valence-electron chi connectivity index (χ0n) is 16.3. The van der Waals surface area contributed by atoms with Gasteiger partial charge in [0.1, 0.15) is 11.3 Å². The lowest BCUT2D eigenvalue weighted by Crippen LogP contribution is -2.57. The summed E-state index contributed by atoms with van der Waals surface area (Å²) in [6.07, 6.45) is -0.117. The molecule has 2 saturated heterocycles. The fraction of sp³-hybridized carbons (Fsp3) is 0.450. The van der Waals surface area contributed by atoms with Crippen LogP contribution in [0.15, 0.2) is 24.8 Å². The van der Waals surface area contributed by atoms with Gasteiger partial charge in [-0.1, -0.05) is 12.6 Å². The first kappa shape index (κ1) is 19.3. The molecule has 1 atom stereocenters. The van der Waals surface area contributed by atoms with E-state index < -0.39 is 17.5 Å². The number of urea groups is 1. The second-order valence-corrected chi connectivity index (χ2v) is 7.49. The van der Waals surface area contributed by atoms with Gasteiger partial charge in [-0.3, -0.25) is 14.9 Å². The van der Waals surface area contributed by atoms with E-state index in [0.29, 0.717) is 32.8 Å². The van der Waals surface area contributed by atoms with Gasteiger partial charge in [0.05, 0.1) is 33.3 Å². The van der Waals surface area contributed by atoms with Gasteiger partial charge in [0.2, 0.25) is 5.91 Å². The van der Waals surface area contributed by atoms with E-state index in [1.165, 1.54) is 0 Å². The molecule has 9 nitrogen and oxygen atoms in total. The molecule has 29 heavy (non-hydrogen) atoms. The van der Waals surface area contributed by atoms with Gasteiger partial charge in [-0.25, -0.2) is 4.79 Å². The maximum absolute atomic E-state index is 12.9. The van der Waals surface area contributed by atoms with Crippen molar-refractivity contribution in [3.63, 3.8) is 0 Å². The Labute approximate surface area is 168 Å². The van der Waals surface area contributed by atoms with Crippen molar-refractivity contribution >= 4 is 23.5 Å². The van der Waals surface area contributed by atoms with Gasteiger partial charge in [-0.05, 0) is 17.7 Å². The van der Waals surface area contributed by atoms with Crippen LogP contribution in [0.5, 0.6) is 5.75 Å². The maximum atomic E-state index is 12.9. The quantitative estimate of drug-likeness (QED) is 0.690. The number of nitrogens with one attached hydrogen (secondary N) is 2. The zero-order valence-corrected chi connectivity index (χ0v) is 16.3. The molecule has 3 heterocycles. The molecule has 0 bridgehead atoms. The fourth-order valence-corrected chi connectivity index (χ4v) is 4.04. The van der Waals surface area contributed by atoms with Crippen LogP contribution in [0.4, 0.5) is 4.79 Å². The Morgan fingerprint density at radius 3 is 2.72 bits per heavy atom. The molecule has 9 heteroatoms. The first-order chi connectivity index (χ1) is 13.9. The van der Waals surface area contributed by atoms with Crippen LogP contribution in [0.25, 0.3) is 5.70 Å². The first-order valence-electron chi connectivity index (χ1n) is 9.52. The third-order valence-electron chi connectivity index (χ3n) is 5.66. The maximum Gasteiger partial charge on any atom is 0.322 e. The van der Waals surface area contributed by atoms with Gasteiger partial charge in [0.25, 0.3) is 5.91 Å². The van der Waals surface area contributed by atoms with E-state index in [0.717, 1.165) is 22.6 Å². The molecule has 1 unspecified atom stereocenters. The Bertz CT molecular complexity index is 880. The van der Waals surface area contributed by atoms with Gasteiger partial charge in [0, 0.05) is 30.9 Å². The molecule has 1 aromatic rings. The molecular formula is C20H24N4O5. The lowest BCUT2D eigenvalue weighted by Gasteiger charge is -2.34. The number of hydrogen-bond acceptors (Lipinski definition) is 6. The van der Waals surface area contributed by atoms with Gasteiger partial charge in [-0.2, -0.15) is 0 Å². The summed E-state index contributed by atoms with van der Waals surface area (Å²) >= 11 is 0. The van der Waals surface area contributed by atoms with E-state index in [1.807, 2.05) is 23.1 Å². The van der Waals surface area contributed by atoms with Crippen molar-refractivity contribution in [3.8, 4) is 5.75 Å². The Hall–Kier alpha value is -3.07. The Balaban J connectivity index is 1.55. The largest absolute Gasteiger partial charge is 0.497 e. The second kappa shape index (κ2) is 7.40. The number of amides is 4. The number of rotatable bonds is 5. The van der Waals surface area contributed by atoms with E-state index in [9.17, 15) is 14.4 Å². The van der Waals surface area contributed by atoms with Crippen LogP contribution < -0.4 is 15.4 Å². The van der Waals surface area contributed by atoms with Crippen LogP contribution in [0.1, 0.15) is 17.5 Å². The molecule has 0 saturated carbocycles. The minimum absolute atomic E-state index is 0.117. The average molecular weight is 400 g/mol. The monoisotopic (exact) mass is 400 g/mol. The summed E-state index contributed by atoms with van der Waals surface area (Å²) in [5.41, 5.74) is 1.37. The molecule has 3 aliphatic rings. The van der Waals surface area contributed by atoms with Crippen molar-refractivity contribution in [1.82, 2.24) is 20.4 Å². The fourth-order valence-electron chi connectivity index (χ4n) is 4.04. The third kappa shape index (κ3) is 3.53. The molecule has 4 amide bonds. The van der Waals surface area contributed by atoms with Crippen molar-refractivity contribution in [2.75, 3.05) is 40.0 Å². The minimum atomic E-state index is -1.35. The van der Waals surface area contributed by atoms with Crippen LogP contribution >= 0.6 is 0 Å². The molecule has 1 aromatic carbocycles. The zero-order chi connectivity index (χ0) is 20.6. The number of imide groups is 1. The number of fused-ring (bicyclic) bond motifs is 1. The number of benzene rings is 1. The van der Waals surface area contributed by atoms with Crippen molar-refractivity contribution in [2.45, 2.75) is 18.5 Å². The van der Waals surface area contributed by atoms with Gasteiger partial charge < -0.3 is 24.6 Å². The third-order valence-corrected chi connectivity index (χ3v) is 5.66. The van der Waals surface area contributed by atoms with E-state index >= 15 is 0 Å². The summed E-state index contributed by atoms with van der Waals surface area (Å²) in [7, 11) is 1.60. The normalized spacial score (nSPS) is 23.7. The molecule has 154 valence electrons. The molecule has 2 fully saturated rings. The second-order valence-electron chi connectivity index (χ2n) is 7.49. The van der Waals surface area contributed by atoms with Gasteiger partial charge in [-0.15, -0.1) is 0 Å². The molecule has 2 N–H and O–H groups in total. The minimum Gasteiger partial charge on any atom is -0.497 e. The number of carbonyl (C=O) groups excluding carboxylic acids is 3. The highest BCUT2D eigenvalue weighted by atomic mass is 16.5. The highest BCUT2D eigenvalue weighted by Crippen LogP contribution is 2.36. The molecule has 3 aliphatic heterocycles. The van der Waals surface area contributed by atoms with Crippen molar-refractivity contribution < 1.29 is 23.9 Å². The number of hydrogen-bond donors (Lipinski definition) is 2. The highest BCUT2D eigenvalue weighted by molar-refractivity contribution is 6.09. The Kier molecular flexibility index (Phi) is 4.91. The van der Waals surface area contributed by atoms with E-state index in [2.05, 4.69) is 17.2 Å². The number of methoxy groups -OCH3 is 1. The summed E-state index contributed by atoms with van der Waals surface area (Å²) < 4.78 is 10.6. The smallest absolute Gasteiger partial charge is 0.322 e. The molecular weight excluding hydrogens is 376 g/mol. The van der Waals surface area contributed by atoms with Crippen molar-refractivity contribution in [3.05, 3.63) is 35.9 Å². The highest BCUT2D eigenvalue weighted by Gasteiger charge is 2.50. The van der Waals surface area contributed by atoms with Crippen LogP contribution in [-0.4, -0.2) is 73.1 Å². The molecule has 0 aromatic heterocycles. The SMILES string of the molecule is C=C1c2cc(OC)ccc2CN1CC1(CC(=O)N2CCOCC2)NC(=O)NC1=O. The van der Waals surface area contributed by atoms with Gasteiger partial charge in [0.15, 0.2) is 0 Å². The van der Waals surface area contributed by atoms with Crippen LogP contribution in [-0.2, 0) is 20.9 Å². The van der Waals surface area contributed by atoms with Crippen LogP contribution in [0.2, 0.25) is 0 Å². The van der Waals surface area contributed by atoms with E-state index in [4.69, 9.17) is 9.47 Å². The number of carbonyl (C=O) groups is 3. The van der Waals surface area contributed by atoms with Crippen molar-refractivity contribution in [1.29, 1.82) is 0 Å². The topological polar surface area (TPSA) is 100 Å². The lowest BCUT2D eigenvalue weighted by atomic mass is 9.93. The van der Waals surface area contributed by atoms with Crippen molar-refractivity contribution in [2.24, 2.45) is 0 Å². The van der Waals surface area contributed by atoms with Crippen LogP contribution in [0.3, 0.4) is 0 Å². The number of ether oxygens (including phenoxy) is 2. The molecule has 0 spiro atoms. The Morgan fingerprint density at radius 1 is 1.31 bits per heavy atom. The van der Waals surface area contributed by atoms with E-state index in [-0.39, 0.29) is 18.9 Å². The summed E-state index contributed by atoms with van der Waals surface area (Å²) in [5, 5.41) is 4.98. The molecule has 0 radical (unpaired) electrons. The number of morpholine rings is 1. The standard InChI is InChI=1S/C20H24N4O5/c1-13-16-9-15(28-2)4-3-14(16)11-24(13)12-20(18(26)21-19(27)22-20)10-17(25)23-5-7-29-8-6-23/h3-4,9H,1,5-8,10-12H2,2H3,(H2,21,22,26,27). The average Bonchev–Trinajstić information content (AvgIpc) is 3.17. The summed E-state index contributed by atoms with van der Waals surface area (Å²) in [6.45, 7) is 6.73.